The van der Waals surface area contributed by atoms with Gasteiger partial charge in [-0.2, -0.15) is 5.26 Å². The van der Waals surface area contributed by atoms with Gasteiger partial charge in [0.15, 0.2) is 9.84 Å². The summed E-state index contributed by atoms with van der Waals surface area (Å²) in [5, 5.41) is 8.63. The molecule has 0 fully saturated rings. The summed E-state index contributed by atoms with van der Waals surface area (Å²) < 4.78 is 24.2. The first-order valence-corrected chi connectivity index (χ1v) is 7.77. The van der Waals surface area contributed by atoms with Crippen molar-refractivity contribution >= 4 is 21.4 Å². The van der Waals surface area contributed by atoms with Gasteiger partial charge in [0.05, 0.1) is 22.6 Å². The minimum atomic E-state index is -3.22. The molecule has 0 saturated carbocycles. The highest BCUT2D eigenvalue weighted by molar-refractivity contribution is 7.91. The van der Waals surface area contributed by atoms with Crippen molar-refractivity contribution in [3.05, 3.63) is 34.3 Å². The van der Waals surface area contributed by atoms with Gasteiger partial charge in [0.1, 0.15) is 0 Å². The van der Waals surface area contributed by atoms with Crippen LogP contribution in [-0.4, -0.2) is 13.7 Å². The van der Waals surface area contributed by atoms with E-state index in [0.29, 0.717) is 16.1 Å². The molecule has 3 nitrogen and oxygen atoms in total. The first-order valence-electron chi connectivity index (χ1n) is 5.68. The van der Waals surface area contributed by atoms with Crippen LogP contribution in [0.1, 0.15) is 31.9 Å². The van der Waals surface area contributed by atoms with E-state index in [4.69, 9.17) is 16.9 Å². The van der Waals surface area contributed by atoms with E-state index in [9.17, 15) is 8.42 Å². The molecule has 0 radical (unpaired) electrons. The van der Waals surface area contributed by atoms with Crippen LogP contribution in [0.4, 0.5) is 0 Å². The molecule has 0 saturated heterocycles. The second-order valence-electron chi connectivity index (χ2n) is 4.67. The number of hydrogen-bond acceptors (Lipinski definition) is 3. The van der Waals surface area contributed by atoms with E-state index in [0.717, 1.165) is 0 Å². The zero-order valence-electron chi connectivity index (χ0n) is 10.6. The smallest absolute Gasteiger partial charge is 0.157 e. The summed E-state index contributed by atoms with van der Waals surface area (Å²) in [5.74, 6) is -0.0242. The van der Waals surface area contributed by atoms with Crippen LogP contribution in [0.3, 0.4) is 0 Å². The molecular formula is C13H16ClNO2S. The molecule has 1 rings (SSSR count). The third-order valence-electron chi connectivity index (χ3n) is 3.04. The van der Waals surface area contributed by atoms with Crippen LogP contribution in [-0.2, 0) is 15.6 Å². The summed E-state index contributed by atoms with van der Waals surface area (Å²) in [6.07, 6.45) is 0. The number of nitriles is 1. The van der Waals surface area contributed by atoms with Gasteiger partial charge in [0.25, 0.3) is 0 Å². The highest BCUT2D eigenvalue weighted by atomic mass is 35.5. The van der Waals surface area contributed by atoms with Crippen molar-refractivity contribution in [3.8, 4) is 6.07 Å². The van der Waals surface area contributed by atoms with Crippen LogP contribution in [0.25, 0.3) is 0 Å². The highest BCUT2D eigenvalue weighted by Gasteiger charge is 2.24. The van der Waals surface area contributed by atoms with E-state index in [1.165, 1.54) is 6.07 Å². The number of rotatable bonds is 4. The molecule has 0 bridgehead atoms. The van der Waals surface area contributed by atoms with Crippen molar-refractivity contribution in [1.29, 1.82) is 5.26 Å². The van der Waals surface area contributed by atoms with Gasteiger partial charge >= 0.3 is 0 Å². The second-order valence-corrected chi connectivity index (χ2v) is 7.44. The van der Waals surface area contributed by atoms with Crippen molar-refractivity contribution in [2.45, 2.75) is 31.8 Å². The monoisotopic (exact) mass is 285 g/mol. The second kappa shape index (κ2) is 5.73. The SMILES string of the molecule is CC(C)C(C)S(=O)(=O)Cc1ccc(C#N)cc1Cl. The molecule has 18 heavy (non-hydrogen) atoms. The molecule has 1 aromatic carbocycles. The average Bonchev–Trinajstić information content (AvgIpc) is 2.30. The normalized spacial score (nSPS) is 13.3. The minimum absolute atomic E-state index is 0.0622. The fourth-order valence-corrected chi connectivity index (χ4v) is 3.60. The van der Waals surface area contributed by atoms with Crippen molar-refractivity contribution in [2.75, 3.05) is 0 Å². The summed E-state index contributed by atoms with van der Waals surface area (Å²) in [5.41, 5.74) is 0.973. The Kier molecular flexibility index (Phi) is 4.78. The first-order chi connectivity index (χ1) is 8.27. The van der Waals surface area contributed by atoms with Crippen molar-refractivity contribution in [3.63, 3.8) is 0 Å². The molecule has 1 unspecified atom stereocenters. The number of halogens is 1. The molecule has 0 aliphatic heterocycles. The Hall–Kier alpha value is -1.05. The van der Waals surface area contributed by atoms with Gasteiger partial charge in [-0.3, -0.25) is 0 Å². The van der Waals surface area contributed by atoms with Crippen molar-refractivity contribution < 1.29 is 8.42 Å². The topological polar surface area (TPSA) is 57.9 Å². The van der Waals surface area contributed by atoms with Gasteiger partial charge in [-0.15, -0.1) is 0 Å². The molecule has 1 atom stereocenters. The Morgan fingerprint density at radius 1 is 1.33 bits per heavy atom. The predicted molar refractivity (Wildman–Crippen MR) is 73.1 cm³/mol. The fourth-order valence-electron chi connectivity index (χ4n) is 1.50. The summed E-state index contributed by atoms with van der Waals surface area (Å²) in [6.45, 7) is 5.46. The molecule has 1 aromatic rings. The molecule has 5 heteroatoms. The Morgan fingerprint density at radius 3 is 2.39 bits per heavy atom. The zero-order valence-corrected chi connectivity index (χ0v) is 12.2. The molecular weight excluding hydrogens is 270 g/mol. The maximum absolute atomic E-state index is 12.1. The van der Waals surface area contributed by atoms with Crippen LogP contribution in [0, 0.1) is 17.2 Å². The maximum atomic E-state index is 12.1. The van der Waals surface area contributed by atoms with Crippen LogP contribution in [0.5, 0.6) is 0 Å². The Bertz CT molecular complexity index is 573. The standard InChI is InChI=1S/C13H16ClNO2S/c1-9(2)10(3)18(16,17)8-12-5-4-11(7-15)6-13(12)14/h4-6,9-10H,8H2,1-3H3. The van der Waals surface area contributed by atoms with Gasteiger partial charge < -0.3 is 0 Å². The molecule has 0 aliphatic carbocycles. The molecule has 0 aromatic heterocycles. The van der Waals surface area contributed by atoms with Crippen LogP contribution in [0.15, 0.2) is 18.2 Å². The minimum Gasteiger partial charge on any atom is -0.228 e. The van der Waals surface area contributed by atoms with E-state index in [1.54, 1.807) is 19.1 Å². The quantitative estimate of drug-likeness (QED) is 0.854. The van der Waals surface area contributed by atoms with Crippen LogP contribution in [0.2, 0.25) is 5.02 Å². The Balaban J connectivity index is 3.02. The maximum Gasteiger partial charge on any atom is 0.157 e. The number of hydrogen-bond donors (Lipinski definition) is 0. The molecule has 0 N–H and O–H groups in total. The van der Waals surface area contributed by atoms with E-state index < -0.39 is 15.1 Å². The van der Waals surface area contributed by atoms with E-state index >= 15 is 0 Å². The van der Waals surface area contributed by atoms with Gasteiger partial charge in [0, 0.05) is 5.02 Å². The van der Waals surface area contributed by atoms with E-state index in [1.807, 2.05) is 19.9 Å². The van der Waals surface area contributed by atoms with Crippen LogP contribution >= 0.6 is 11.6 Å². The number of benzene rings is 1. The highest BCUT2D eigenvalue weighted by Crippen LogP contribution is 2.23. The van der Waals surface area contributed by atoms with Crippen molar-refractivity contribution in [1.82, 2.24) is 0 Å². The van der Waals surface area contributed by atoms with E-state index in [2.05, 4.69) is 0 Å². The summed E-state index contributed by atoms with van der Waals surface area (Å²) in [7, 11) is -3.22. The number of sulfone groups is 1. The lowest BCUT2D eigenvalue weighted by Crippen LogP contribution is -2.24. The van der Waals surface area contributed by atoms with Gasteiger partial charge in [-0.1, -0.05) is 31.5 Å². The molecule has 0 heterocycles. The molecule has 98 valence electrons. The lowest BCUT2D eigenvalue weighted by Gasteiger charge is -2.16. The van der Waals surface area contributed by atoms with Crippen LogP contribution < -0.4 is 0 Å². The summed E-state index contributed by atoms with van der Waals surface area (Å²) in [4.78, 5) is 0. The fraction of sp³-hybridized carbons (Fsp3) is 0.462. The van der Waals surface area contributed by atoms with E-state index in [-0.39, 0.29) is 11.7 Å². The van der Waals surface area contributed by atoms with Gasteiger partial charge in [-0.05, 0) is 30.5 Å². The average molecular weight is 286 g/mol. The molecule has 0 aliphatic rings. The van der Waals surface area contributed by atoms with Gasteiger partial charge in [-0.25, -0.2) is 8.42 Å². The Morgan fingerprint density at radius 2 is 1.94 bits per heavy atom. The number of nitrogens with zero attached hydrogens (tertiary/aromatic N) is 1. The third kappa shape index (κ3) is 3.47. The first kappa shape index (κ1) is 15.0. The zero-order chi connectivity index (χ0) is 13.9. The summed E-state index contributed by atoms with van der Waals surface area (Å²) in [6, 6.07) is 6.64. The van der Waals surface area contributed by atoms with Crippen molar-refractivity contribution in [2.24, 2.45) is 5.92 Å². The lowest BCUT2D eigenvalue weighted by molar-refractivity contribution is 0.545. The van der Waals surface area contributed by atoms with Gasteiger partial charge in [0.2, 0.25) is 0 Å². The Labute approximate surface area is 113 Å². The molecule has 0 amide bonds. The largest absolute Gasteiger partial charge is 0.228 e. The third-order valence-corrected chi connectivity index (χ3v) is 5.79. The lowest BCUT2D eigenvalue weighted by atomic mass is 10.1. The predicted octanol–water partition coefficient (Wildman–Crippen LogP) is 3.17. The molecule has 0 spiro atoms. The summed E-state index contributed by atoms with van der Waals surface area (Å²) >= 11 is 5.98.